The number of methoxy groups -OCH3 is 2. The Balaban J connectivity index is 1.55. The highest BCUT2D eigenvalue weighted by atomic mass is 16.5. The lowest BCUT2D eigenvalue weighted by atomic mass is 10.0. The van der Waals surface area contributed by atoms with Crippen molar-refractivity contribution in [1.82, 2.24) is 0 Å². The van der Waals surface area contributed by atoms with Crippen LogP contribution in [0.1, 0.15) is 22.3 Å². The summed E-state index contributed by atoms with van der Waals surface area (Å²) in [6.45, 7) is 0.987. The number of carbonyl (C=O) groups is 1. The van der Waals surface area contributed by atoms with Crippen LogP contribution in [0.4, 0.5) is 17.1 Å². The van der Waals surface area contributed by atoms with Crippen LogP contribution in [0.3, 0.4) is 0 Å². The molecule has 1 aliphatic rings. The van der Waals surface area contributed by atoms with Gasteiger partial charge in [0.05, 0.1) is 14.2 Å². The van der Waals surface area contributed by atoms with Crippen LogP contribution in [0, 0.1) is 0 Å². The van der Waals surface area contributed by atoms with E-state index >= 15 is 0 Å². The summed E-state index contributed by atoms with van der Waals surface area (Å²) in [5, 5.41) is 2.94. The van der Waals surface area contributed by atoms with Gasteiger partial charge in [-0.15, -0.1) is 0 Å². The van der Waals surface area contributed by atoms with Crippen molar-refractivity contribution in [3.05, 3.63) is 77.9 Å². The molecule has 1 heterocycles. The molecule has 29 heavy (non-hydrogen) atoms. The van der Waals surface area contributed by atoms with E-state index in [0.717, 1.165) is 30.8 Å². The van der Waals surface area contributed by atoms with Crippen molar-refractivity contribution in [2.24, 2.45) is 0 Å². The van der Waals surface area contributed by atoms with E-state index in [0.29, 0.717) is 17.1 Å². The fourth-order valence-corrected chi connectivity index (χ4v) is 3.80. The third-order valence-electron chi connectivity index (χ3n) is 5.20. The molecule has 0 unspecified atom stereocenters. The minimum absolute atomic E-state index is 0.268. The van der Waals surface area contributed by atoms with Crippen LogP contribution in [-0.2, 0) is 6.42 Å². The molecule has 0 saturated carbocycles. The molecule has 0 fully saturated rings. The van der Waals surface area contributed by atoms with Crippen molar-refractivity contribution in [2.75, 3.05) is 31.0 Å². The number of fused-ring (bicyclic) bond motifs is 1. The van der Waals surface area contributed by atoms with Gasteiger partial charge in [0.25, 0.3) is 5.91 Å². The molecule has 1 amide bonds. The van der Waals surface area contributed by atoms with E-state index in [1.165, 1.54) is 25.5 Å². The highest BCUT2D eigenvalue weighted by Gasteiger charge is 2.20. The first kappa shape index (κ1) is 18.9. The third kappa shape index (κ3) is 3.76. The maximum atomic E-state index is 12.8. The van der Waals surface area contributed by atoms with Crippen LogP contribution in [0.5, 0.6) is 11.5 Å². The number of para-hydroxylation sites is 1. The van der Waals surface area contributed by atoms with Gasteiger partial charge in [-0.2, -0.15) is 0 Å². The first-order valence-corrected chi connectivity index (χ1v) is 9.69. The Morgan fingerprint density at radius 1 is 0.897 bits per heavy atom. The number of rotatable bonds is 5. The molecule has 3 aromatic rings. The summed E-state index contributed by atoms with van der Waals surface area (Å²) in [6.07, 6.45) is 2.24. The standard InChI is InChI=1S/C24H24N2O3/c1-28-21-10-5-11-22(29-2)23(21)24(27)25-18-12-14-19(15-13-18)26-16-6-8-17-7-3-4-9-20(17)26/h3-5,7,9-15H,6,8,16H2,1-2H3,(H,25,27). The first-order valence-electron chi connectivity index (χ1n) is 9.69. The van der Waals surface area contributed by atoms with Gasteiger partial charge in [-0.25, -0.2) is 0 Å². The van der Waals surface area contributed by atoms with Crippen LogP contribution in [0.2, 0.25) is 0 Å². The molecule has 0 radical (unpaired) electrons. The molecule has 0 aromatic heterocycles. The monoisotopic (exact) mass is 388 g/mol. The van der Waals surface area contributed by atoms with E-state index in [1.807, 2.05) is 24.3 Å². The summed E-state index contributed by atoms with van der Waals surface area (Å²) < 4.78 is 10.7. The number of benzene rings is 3. The van der Waals surface area contributed by atoms with Crippen molar-refractivity contribution in [2.45, 2.75) is 12.8 Å². The summed E-state index contributed by atoms with van der Waals surface area (Å²) in [6, 6.07) is 21.7. The second-order valence-electron chi connectivity index (χ2n) is 6.92. The molecule has 4 rings (SSSR count). The second-order valence-corrected chi connectivity index (χ2v) is 6.92. The van der Waals surface area contributed by atoms with Crippen LogP contribution in [-0.4, -0.2) is 26.7 Å². The number of nitrogens with zero attached hydrogens (tertiary/aromatic N) is 1. The van der Waals surface area contributed by atoms with Gasteiger partial charge in [0.15, 0.2) is 0 Å². The van der Waals surface area contributed by atoms with Gasteiger partial charge in [-0.3, -0.25) is 4.79 Å². The lowest BCUT2D eigenvalue weighted by Crippen LogP contribution is -2.24. The molecule has 1 N–H and O–H groups in total. The Morgan fingerprint density at radius 3 is 2.28 bits per heavy atom. The molecular weight excluding hydrogens is 364 g/mol. The van der Waals surface area contributed by atoms with E-state index < -0.39 is 0 Å². The van der Waals surface area contributed by atoms with Crippen LogP contribution in [0.25, 0.3) is 0 Å². The van der Waals surface area contributed by atoms with E-state index in [4.69, 9.17) is 9.47 Å². The van der Waals surface area contributed by atoms with Crippen molar-refractivity contribution in [1.29, 1.82) is 0 Å². The molecule has 1 aliphatic heterocycles. The number of amides is 1. The van der Waals surface area contributed by atoms with Gasteiger partial charge >= 0.3 is 0 Å². The highest BCUT2D eigenvalue weighted by molar-refractivity contribution is 6.08. The summed E-state index contributed by atoms with van der Waals surface area (Å²) in [4.78, 5) is 15.2. The number of anilines is 3. The number of nitrogens with one attached hydrogen (secondary N) is 1. The molecule has 0 atom stereocenters. The topological polar surface area (TPSA) is 50.8 Å². The van der Waals surface area contributed by atoms with E-state index in [2.05, 4.69) is 34.5 Å². The fourth-order valence-electron chi connectivity index (χ4n) is 3.80. The Labute approximate surface area is 170 Å². The summed E-state index contributed by atoms with van der Waals surface area (Å²) >= 11 is 0. The van der Waals surface area contributed by atoms with Gasteiger partial charge in [0.2, 0.25) is 0 Å². The van der Waals surface area contributed by atoms with Gasteiger partial charge in [-0.05, 0) is 60.9 Å². The number of carbonyl (C=O) groups excluding carboxylic acids is 1. The average Bonchev–Trinajstić information content (AvgIpc) is 2.78. The smallest absolute Gasteiger partial charge is 0.263 e. The number of hydrogen-bond donors (Lipinski definition) is 1. The maximum Gasteiger partial charge on any atom is 0.263 e. The minimum atomic E-state index is -0.268. The Hall–Kier alpha value is -3.47. The minimum Gasteiger partial charge on any atom is -0.496 e. The largest absolute Gasteiger partial charge is 0.496 e. The van der Waals surface area contributed by atoms with Gasteiger partial charge in [0.1, 0.15) is 17.1 Å². The maximum absolute atomic E-state index is 12.8. The first-order chi connectivity index (χ1) is 14.2. The average molecular weight is 388 g/mol. The fraction of sp³-hybridized carbons (Fsp3) is 0.208. The second kappa shape index (κ2) is 8.27. The van der Waals surface area contributed by atoms with E-state index in [9.17, 15) is 4.79 Å². The Morgan fingerprint density at radius 2 is 1.59 bits per heavy atom. The van der Waals surface area contributed by atoms with Crippen molar-refractivity contribution in [3.8, 4) is 11.5 Å². The SMILES string of the molecule is COc1cccc(OC)c1C(=O)Nc1ccc(N2CCCc3ccccc32)cc1. The van der Waals surface area contributed by atoms with E-state index in [1.54, 1.807) is 18.2 Å². The molecular formula is C24H24N2O3. The summed E-state index contributed by atoms with van der Waals surface area (Å²) in [5.74, 6) is 0.683. The molecule has 0 spiro atoms. The quantitative estimate of drug-likeness (QED) is 0.665. The zero-order chi connectivity index (χ0) is 20.2. The van der Waals surface area contributed by atoms with E-state index in [-0.39, 0.29) is 5.91 Å². The summed E-state index contributed by atoms with van der Waals surface area (Å²) in [7, 11) is 3.08. The molecule has 0 aliphatic carbocycles. The normalized spacial score (nSPS) is 12.8. The summed E-state index contributed by atoms with van der Waals surface area (Å²) in [5.41, 5.74) is 4.85. The number of aryl methyl sites for hydroxylation is 1. The van der Waals surface area contributed by atoms with Gasteiger partial charge < -0.3 is 19.7 Å². The van der Waals surface area contributed by atoms with Crippen LogP contribution in [0.15, 0.2) is 66.7 Å². The van der Waals surface area contributed by atoms with Gasteiger partial charge in [-0.1, -0.05) is 24.3 Å². The molecule has 0 saturated heterocycles. The third-order valence-corrected chi connectivity index (χ3v) is 5.20. The Bertz CT molecular complexity index is 993. The predicted octanol–water partition coefficient (Wildman–Crippen LogP) is 5.04. The van der Waals surface area contributed by atoms with Crippen molar-refractivity contribution < 1.29 is 14.3 Å². The molecule has 5 nitrogen and oxygen atoms in total. The number of ether oxygens (including phenoxy) is 2. The van der Waals surface area contributed by atoms with Crippen molar-refractivity contribution in [3.63, 3.8) is 0 Å². The number of hydrogen-bond acceptors (Lipinski definition) is 4. The molecule has 3 aromatic carbocycles. The zero-order valence-corrected chi connectivity index (χ0v) is 16.6. The molecule has 148 valence electrons. The molecule has 5 heteroatoms. The highest BCUT2D eigenvalue weighted by Crippen LogP contribution is 2.34. The lowest BCUT2D eigenvalue weighted by Gasteiger charge is -2.31. The van der Waals surface area contributed by atoms with Gasteiger partial charge in [0, 0.05) is 23.6 Å². The predicted molar refractivity (Wildman–Crippen MR) is 116 cm³/mol. The zero-order valence-electron chi connectivity index (χ0n) is 16.6. The molecule has 0 bridgehead atoms. The van der Waals surface area contributed by atoms with Crippen LogP contribution < -0.4 is 19.7 Å². The van der Waals surface area contributed by atoms with Crippen molar-refractivity contribution >= 4 is 23.0 Å². The Kier molecular flexibility index (Phi) is 5.38. The lowest BCUT2D eigenvalue weighted by molar-refractivity contribution is 0.102. The van der Waals surface area contributed by atoms with Crippen LogP contribution >= 0.6 is 0 Å².